The number of quaternary nitrogens is 1. The number of ether oxygens (including phenoxy) is 1. The molecule has 2 aliphatic heterocycles. The first-order chi connectivity index (χ1) is 6.63. The maximum atomic E-state index is 11.8. The maximum absolute atomic E-state index is 11.8. The Morgan fingerprint density at radius 3 is 2.93 bits per heavy atom. The molecule has 5 nitrogen and oxygen atoms in total. The lowest BCUT2D eigenvalue weighted by Crippen LogP contribution is -2.43. The Hall–Kier alpha value is -0.810. The number of piperidine rings is 1. The van der Waals surface area contributed by atoms with Crippen molar-refractivity contribution in [2.45, 2.75) is 19.4 Å². The fourth-order valence-corrected chi connectivity index (χ4v) is 2.41. The van der Waals surface area contributed by atoms with Crippen LogP contribution in [0.3, 0.4) is 0 Å². The van der Waals surface area contributed by atoms with E-state index in [9.17, 15) is 10.0 Å². The van der Waals surface area contributed by atoms with Gasteiger partial charge in [0.15, 0.2) is 6.10 Å². The summed E-state index contributed by atoms with van der Waals surface area (Å²) in [7, 11) is 0. The van der Waals surface area contributed by atoms with E-state index >= 15 is 0 Å². The molecule has 0 aromatic carbocycles. The van der Waals surface area contributed by atoms with Gasteiger partial charge in [-0.3, -0.25) is 0 Å². The molecule has 2 heterocycles. The highest BCUT2D eigenvalue weighted by molar-refractivity contribution is 5.67. The Balaban J connectivity index is 1.86. The zero-order valence-corrected chi connectivity index (χ0v) is 8.36. The molecule has 0 aromatic rings. The van der Waals surface area contributed by atoms with E-state index in [1.807, 2.05) is 6.92 Å². The van der Waals surface area contributed by atoms with Gasteiger partial charge in [-0.15, -0.1) is 0 Å². The lowest BCUT2D eigenvalue weighted by Gasteiger charge is -2.36. The second kappa shape index (κ2) is 3.40. The van der Waals surface area contributed by atoms with Crippen LogP contribution in [0, 0.1) is 11.1 Å². The topological polar surface area (TPSA) is 61.4 Å². The van der Waals surface area contributed by atoms with Gasteiger partial charge in [0.1, 0.15) is 6.54 Å². The molecular formula is C9H16N2O3. The Morgan fingerprint density at radius 2 is 2.43 bits per heavy atom. The number of hydrogen-bond donors (Lipinski definition) is 1. The molecule has 80 valence electrons. The molecule has 0 spiro atoms. The molecule has 0 saturated carbocycles. The summed E-state index contributed by atoms with van der Waals surface area (Å²) in [6.07, 6.45) is 0.346. The number of hydrogen-bond acceptors (Lipinski definition) is 3. The van der Waals surface area contributed by atoms with Gasteiger partial charge in [0.2, 0.25) is 0 Å². The third-order valence-corrected chi connectivity index (χ3v) is 3.09. The van der Waals surface area contributed by atoms with E-state index in [1.165, 1.54) is 0 Å². The van der Waals surface area contributed by atoms with Crippen LogP contribution in [0.25, 0.3) is 0 Å². The minimum absolute atomic E-state index is 0.158. The van der Waals surface area contributed by atoms with Crippen LogP contribution in [-0.4, -0.2) is 43.0 Å². The van der Waals surface area contributed by atoms with E-state index in [4.69, 9.17) is 4.74 Å². The molecule has 1 N–H and O–H groups in total. The summed E-state index contributed by atoms with van der Waals surface area (Å²) < 4.78 is 5.03. The van der Waals surface area contributed by atoms with E-state index in [2.05, 4.69) is 5.32 Å². The lowest BCUT2D eigenvalue weighted by atomic mass is 10.0. The number of carbonyl (C=O) groups is 1. The van der Waals surface area contributed by atoms with Crippen LogP contribution >= 0.6 is 0 Å². The standard InChI is InChI=1S/C9H16N2O3/c1-2-10-9(12)14-8-6-11(13)4-3-7(8)5-11/h7-8H,2-6H2,1H3,(H,10,12). The van der Waals surface area contributed by atoms with Crippen LogP contribution < -0.4 is 5.32 Å². The highest BCUT2D eigenvalue weighted by atomic mass is 16.6. The number of fused-ring (bicyclic) bond motifs is 2. The second-order valence-corrected chi connectivity index (χ2v) is 4.17. The zero-order valence-electron chi connectivity index (χ0n) is 8.36. The molecule has 2 rings (SSSR count). The van der Waals surface area contributed by atoms with Crippen molar-refractivity contribution >= 4 is 6.09 Å². The van der Waals surface area contributed by atoms with Crippen molar-refractivity contribution in [1.82, 2.24) is 5.32 Å². The Bertz CT molecular complexity index is 246. The monoisotopic (exact) mass is 200 g/mol. The van der Waals surface area contributed by atoms with Crippen LogP contribution in [0.5, 0.6) is 0 Å². The number of nitrogens with one attached hydrogen (secondary N) is 1. The Kier molecular flexibility index (Phi) is 2.36. The van der Waals surface area contributed by atoms with Gasteiger partial charge in [-0.05, 0) is 6.92 Å². The molecule has 2 saturated heterocycles. The second-order valence-electron chi connectivity index (χ2n) is 4.17. The summed E-state index contributed by atoms with van der Waals surface area (Å²) in [5.41, 5.74) is 0. The molecule has 1 amide bonds. The molecule has 2 aliphatic rings. The predicted molar refractivity (Wildman–Crippen MR) is 50.3 cm³/mol. The molecule has 2 bridgehead atoms. The maximum Gasteiger partial charge on any atom is 0.407 e. The summed E-state index contributed by atoms with van der Waals surface area (Å²) >= 11 is 0. The van der Waals surface area contributed by atoms with Crippen molar-refractivity contribution in [3.63, 3.8) is 0 Å². The van der Waals surface area contributed by atoms with Crippen LogP contribution in [0.4, 0.5) is 4.79 Å². The Morgan fingerprint density at radius 1 is 1.64 bits per heavy atom. The lowest BCUT2D eigenvalue weighted by molar-refractivity contribution is -0.861. The van der Waals surface area contributed by atoms with Crippen molar-refractivity contribution in [3.8, 4) is 0 Å². The SMILES string of the molecule is CCNC(=O)OC1C[N+]2([O-])CCC1C2. The summed E-state index contributed by atoms with van der Waals surface area (Å²) in [6.45, 7) is 4.17. The number of nitrogens with zero attached hydrogens (tertiary/aromatic N) is 1. The van der Waals surface area contributed by atoms with Crippen molar-refractivity contribution in [3.05, 3.63) is 5.21 Å². The van der Waals surface area contributed by atoms with Crippen LogP contribution in [-0.2, 0) is 4.74 Å². The number of rotatable bonds is 2. The van der Waals surface area contributed by atoms with E-state index in [0.29, 0.717) is 26.2 Å². The van der Waals surface area contributed by atoms with Crippen molar-refractivity contribution in [2.75, 3.05) is 26.2 Å². The fraction of sp³-hybridized carbons (Fsp3) is 0.889. The fourth-order valence-electron chi connectivity index (χ4n) is 2.41. The molecule has 14 heavy (non-hydrogen) atoms. The highest BCUT2D eigenvalue weighted by Crippen LogP contribution is 2.35. The van der Waals surface area contributed by atoms with Gasteiger partial charge in [0.05, 0.1) is 19.0 Å². The Labute approximate surface area is 83.2 Å². The third kappa shape index (κ3) is 1.69. The molecule has 0 radical (unpaired) electrons. The van der Waals surface area contributed by atoms with Gasteiger partial charge in [0.25, 0.3) is 0 Å². The van der Waals surface area contributed by atoms with E-state index in [1.54, 1.807) is 0 Å². The molecule has 3 unspecified atom stereocenters. The number of carbonyl (C=O) groups excluding carboxylic acids is 1. The van der Waals surface area contributed by atoms with Gasteiger partial charge >= 0.3 is 6.09 Å². The summed E-state index contributed by atoms with van der Waals surface area (Å²) in [4.78, 5) is 11.1. The average Bonchev–Trinajstić information content (AvgIpc) is 2.59. The minimum Gasteiger partial charge on any atom is -0.633 e. The largest absolute Gasteiger partial charge is 0.633 e. The molecule has 2 fully saturated rings. The smallest absolute Gasteiger partial charge is 0.407 e. The summed E-state index contributed by atoms with van der Waals surface area (Å²) in [6, 6.07) is 0. The van der Waals surface area contributed by atoms with E-state index < -0.39 is 6.09 Å². The normalized spacial score (nSPS) is 39.9. The van der Waals surface area contributed by atoms with Gasteiger partial charge in [-0.2, -0.15) is 0 Å². The van der Waals surface area contributed by atoms with E-state index in [-0.39, 0.29) is 16.7 Å². The summed E-state index contributed by atoms with van der Waals surface area (Å²) in [5.74, 6) is 0.287. The number of hydroxylamine groups is 3. The third-order valence-electron chi connectivity index (χ3n) is 3.09. The quantitative estimate of drug-likeness (QED) is 0.520. The first-order valence-electron chi connectivity index (χ1n) is 5.14. The van der Waals surface area contributed by atoms with Gasteiger partial charge in [-0.25, -0.2) is 4.79 Å². The average molecular weight is 200 g/mol. The van der Waals surface area contributed by atoms with Crippen LogP contribution in [0.2, 0.25) is 0 Å². The molecule has 0 aliphatic carbocycles. The molecule has 3 atom stereocenters. The zero-order chi connectivity index (χ0) is 10.2. The molecule has 0 aromatic heterocycles. The van der Waals surface area contributed by atoms with Crippen LogP contribution in [0.1, 0.15) is 13.3 Å². The highest BCUT2D eigenvalue weighted by Gasteiger charge is 2.48. The van der Waals surface area contributed by atoms with Crippen LogP contribution in [0.15, 0.2) is 0 Å². The minimum atomic E-state index is -0.391. The number of amides is 1. The van der Waals surface area contributed by atoms with Gasteiger partial charge in [0, 0.05) is 13.0 Å². The van der Waals surface area contributed by atoms with Crippen molar-refractivity contribution < 1.29 is 14.2 Å². The predicted octanol–water partition coefficient (Wildman–Crippen LogP) is 0.449. The molecular weight excluding hydrogens is 184 g/mol. The molecule has 5 heteroatoms. The summed E-state index contributed by atoms with van der Waals surface area (Å²) in [5, 5.41) is 14.4. The van der Waals surface area contributed by atoms with E-state index in [0.717, 1.165) is 6.42 Å². The van der Waals surface area contributed by atoms with Crippen molar-refractivity contribution in [1.29, 1.82) is 0 Å². The van der Waals surface area contributed by atoms with Crippen molar-refractivity contribution in [2.24, 2.45) is 5.92 Å². The number of alkyl carbamates (subject to hydrolysis) is 1. The van der Waals surface area contributed by atoms with Gasteiger partial charge in [-0.1, -0.05) is 0 Å². The first kappa shape index (κ1) is 9.73. The van der Waals surface area contributed by atoms with Gasteiger partial charge < -0.3 is 19.9 Å². The first-order valence-corrected chi connectivity index (χ1v) is 5.14.